The van der Waals surface area contributed by atoms with Gasteiger partial charge in [0.25, 0.3) is 0 Å². The van der Waals surface area contributed by atoms with Gasteiger partial charge in [0, 0.05) is 23.5 Å². The number of nitrogens with one attached hydrogen (secondary N) is 2. The number of carbonyl (C=O) groups is 1. The number of rotatable bonds is 6. The summed E-state index contributed by atoms with van der Waals surface area (Å²) in [5, 5.41) is 11.3. The highest BCUT2D eigenvalue weighted by atomic mass is 32.2. The first kappa shape index (κ1) is 23.8. The number of hydrogen-bond donors (Lipinski definition) is 3. The third kappa shape index (κ3) is 9.00. The van der Waals surface area contributed by atoms with E-state index in [9.17, 15) is 4.79 Å². The summed E-state index contributed by atoms with van der Waals surface area (Å²) >= 11 is 1.48. The van der Waals surface area contributed by atoms with Crippen LogP contribution in [0.3, 0.4) is 0 Å². The fourth-order valence-corrected chi connectivity index (χ4v) is 3.52. The molecule has 0 aromatic carbocycles. The van der Waals surface area contributed by atoms with Crippen LogP contribution in [0.25, 0.3) is 0 Å². The molecule has 2 unspecified atom stereocenters. The Morgan fingerprint density at radius 1 is 1.33 bits per heavy atom. The van der Waals surface area contributed by atoms with Crippen LogP contribution in [0, 0.1) is 5.92 Å². The molecule has 0 radical (unpaired) electrons. The largest absolute Gasteiger partial charge is 0.501 e. The number of allylic oxidation sites excluding steroid dienone is 4. The summed E-state index contributed by atoms with van der Waals surface area (Å²) in [4.78, 5) is 13.6. The number of methoxy groups -OCH3 is 1. The van der Waals surface area contributed by atoms with Gasteiger partial charge in [-0.25, -0.2) is 4.72 Å². The lowest BCUT2D eigenvalue weighted by molar-refractivity contribution is -0.126. The van der Waals surface area contributed by atoms with Crippen LogP contribution in [-0.2, 0) is 9.53 Å². The predicted molar refractivity (Wildman–Crippen MR) is 114 cm³/mol. The van der Waals surface area contributed by atoms with Gasteiger partial charge in [0.2, 0.25) is 5.91 Å². The first-order valence-corrected chi connectivity index (χ1v) is 10.5. The molecule has 1 amide bonds. The van der Waals surface area contributed by atoms with E-state index >= 15 is 0 Å². The van der Waals surface area contributed by atoms with Crippen LogP contribution in [0.1, 0.15) is 60.3 Å². The van der Waals surface area contributed by atoms with E-state index in [1.807, 2.05) is 32.1 Å². The fourth-order valence-electron chi connectivity index (χ4n) is 2.75. The first-order chi connectivity index (χ1) is 12.7. The molecule has 1 fully saturated rings. The fraction of sp³-hybridized carbons (Fsp3) is 0.667. The first-order valence-electron chi connectivity index (χ1n) is 9.70. The molecule has 2 aliphatic carbocycles. The number of carbonyl (C=O) groups excluding carboxylic acids is 1. The molecule has 3 N–H and O–H groups in total. The second-order valence-electron chi connectivity index (χ2n) is 7.92. The number of hydrogen-bond acceptors (Lipinski definition) is 5. The topological polar surface area (TPSA) is 70.6 Å². The second kappa shape index (κ2) is 11.6. The van der Waals surface area contributed by atoms with Crippen molar-refractivity contribution < 1.29 is 14.6 Å². The zero-order chi connectivity index (χ0) is 20.4. The average Bonchev–Trinajstić information content (AvgIpc) is 2.85. The maximum absolute atomic E-state index is 12.5. The van der Waals surface area contributed by atoms with E-state index in [1.54, 1.807) is 21.0 Å². The molecule has 1 saturated carbocycles. The highest BCUT2D eigenvalue weighted by Gasteiger charge is 2.32. The van der Waals surface area contributed by atoms with Gasteiger partial charge in [0.1, 0.15) is 5.54 Å². The molecule has 0 aliphatic heterocycles. The normalized spacial score (nSPS) is 22.4. The lowest BCUT2D eigenvalue weighted by Gasteiger charge is -2.28. The minimum atomic E-state index is -0.623. The van der Waals surface area contributed by atoms with Crippen LogP contribution >= 0.6 is 11.9 Å². The Morgan fingerprint density at radius 2 is 2.00 bits per heavy atom. The molecule has 0 heterocycles. The van der Waals surface area contributed by atoms with Crippen LogP contribution in [-0.4, -0.2) is 35.8 Å². The van der Waals surface area contributed by atoms with Crippen molar-refractivity contribution in [3.63, 3.8) is 0 Å². The summed E-state index contributed by atoms with van der Waals surface area (Å²) in [7, 11) is 1.68. The molecule has 2 rings (SSSR count). The molecule has 0 aromatic rings. The zero-order valence-electron chi connectivity index (χ0n) is 17.5. The van der Waals surface area contributed by atoms with E-state index < -0.39 is 5.54 Å². The summed E-state index contributed by atoms with van der Waals surface area (Å²) in [5.41, 5.74) is -0.623. The molecule has 5 nitrogen and oxygen atoms in total. The van der Waals surface area contributed by atoms with Crippen molar-refractivity contribution in [1.29, 1.82) is 0 Å². The van der Waals surface area contributed by atoms with Gasteiger partial charge in [-0.1, -0.05) is 25.5 Å². The SMILES string of the molecule is CC(C)O.COC1=CC=C(SNC(C)(C)C(=O)NC2CCCC2C)C=CC1. The van der Waals surface area contributed by atoms with Crippen LogP contribution in [0.2, 0.25) is 0 Å². The smallest absolute Gasteiger partial charge is 0.240 e. The number of aliphatic hydroxyl groups excluding tert-OH is 1. The maximum Gasteiger partial charge on any atom is 0.240 e. The summed E-state index contributed by atoms with van der Waals surface area (Å²) < 4.78 is 8.55. The lowest BCUT2D eigenvalue weighted by atomic mass is 10.0. The van der Waals surface area contributed by atoms with E-state index in [2.05, 4.69) is 23.0 Å². The van der Waals surface area contributed by atoms with Gasteiger partial charge < -0.3 is 15.2 Å². The number of ether oxygens (including phenoxy) is 1. The summed E-state index contributed by atoms with van der Waals surface area (Å²) in [6.07, 6.45) is 12.2. The van der Waals surface area contributed by atoms with Crippen molar-refractivity contribution in [2.75, 3.05) is 7.11 Å². The standard InChI is InChI=1S/C18H28N2O2S.C3H8O/c1-13-7-5-10-16(13)19-17(21)18(2,3)20-23-15-9-6-8-14(22-4)11-12-15;1-3(2)4/h6,9,11-13,16,20H,5,7-8,10H2,1-4H3,(H,19,21);3-4H,1-2H3. The van der Waals surface area contributed by atoms with Gasteiger partial charge in [0.15, 0.2) is 0 Å². The second-order valence-corrected chi connectivity index (χ2v) is 8.80. The molecule has 27 heavy (non-hydrogen) atoms. The quantitative estimate of drug-likeness (QED) is 0.591. The molecule has 2 atom stereocenters. The summed E-state index contributed by atoms with van der Waals surface area (Å²) in [5.74, 6) is 1.58. The van der Waals surface area contributed by atoms with E-state index in [0.717, 1.165) is 23.5 Å². The Hall–Kier alpha value is -1.24. The maximum atomic E-state index is 12.5. The third-order valence-electron chi connectivity index (χ3n) is 4.47. The van der Waals surface area contributed by atoms with Crippen molar-refractivity contribution in [2.45, 2.75) is 78.0 Å². The lowest BCUT2D eigenvalue weighted by Crippen LogP contribution is -2.53. The minimum absolute atomic E-state index is 0.0649. The van der Waals surface area contributed by atoms with Crippen molar-refractivity contribution in [3.05, 3.63) is 35.0 Å². The monoisotopic (exact) mass is 396 g/mol. The van der Waals surface area contributed by atoms with E-state index in [0.29, 0.717) is 12.0 Å². The Bertz CT molecular complexity index is 565. The Morgan fingerprint density at radius 3 is 2.56 bits per heavy atom. The molecule has 2 aliphatic rings. The number of aliphatic hydroxyl groups is 1. The predicted octanol–water partition coefficient (Wildman–Crippen LogP) is 4.07. The van der Waals surface area contributed by atoms with Gasteiger partial charge in [-0.05, 0) is 70.6 Å². The van der Waals surface area contributed by atoms with Crippen LogP contribution < -0.4 is 10.0 Å². The third-order valence-corrected chi connectivity index (χ3v) is 5.59. The van der Waals surface area contributed by atoms with Crippen LogP contribution in [0.5, 0.6) is 0 Å². The van der Waals surface area contributed by atoms with Gasteiger partial charge in [-0.15, -0.1) is 0 Å². The highest BCUT2D eigenvalue weighted by Crippen LogP contribution is 2.26. The summed E-state index contributed by atoms with van der Waals surface area (Å²) in [6.45, 7) is 9.51. The van der Waals surface area contributed by atoms with Gasteiger partial charge in [0.05, 0.1) is 12.9 Å². The van der Waals surface area contributed by atoms with E-state index in [-0.39, 0.29) is 12.0 Å². The van der Waals surface area contributed by atoms with Gasteiger partial charge in [-0.2, -0.15) is 0 Å². The Balaban J connectivity index is 0.000000828. The van der Waals surface area contributed by atoms with Crippen molar-refractivity contribution in [2.24, 2.45) is 5.92 Å². The van der Waals surface area contributed by atoms with Gasteiger partial charge >= 0.3 is 0 Å². The van der Waals surface area contributed by atoms with Crippen molar-refractivity contribution >= 4 is 17.9 Å². The molecule has 0 bridgehead atoms. The van der Waals surface area contributed by atoms with Crippen molar-refractivity contribution in [1.82, 2.24) is 10.0 Å². The summed E-state index contributed by atoms with van der Waals surface area (Å²) in [6, 6.07) is 0.317. The molecule has 0 saturated heterocycles. The van der Waals surface area contributed by atoms with Gasteiger partial charge in [-0.3, -0.25) is 4.79 Å². The molecule has 0 spiro atoms. The Kier molecular flexibility index (Phi) is 10.2. The van der Waals surface area contributed by atoms with Crippen LogP contribution in [0.15, 0.2) is 35.0 Å². The van der Waals surface area contributed by atoms with Crippen LogP contribution in [0.4, 0.5) is 0 Å². The molecule has 0 aromatic heterocycles. The average molecular weight is 397 g/mol. The van der Waals surface area contributed by atoms with E-state index in [1.165, 1.54) is 24.8 Å². The zero-order valence-corrected chi connectivity index (χ0v) is 18.4. The number of amides is 1. The molecular formula is C21H36N2O3S. The van der Waals surface area contributed by atoms with Crippen molar-refractivity contribution in [3.8, 4) is 0 Å². The molecule has 154 valence electrons. The molecular weight excluding hydrogens is 360 g/mol. The Labute approximate surface area is 168 Å². The highest BCUT2D eigenvalue weighted by molar-refractivity contribution is 8.01. The molecule has 6 heteroatoms. The van der Waals surface area contributed by atoms with E-state index in [4.69, 9.17) is 9.84 Å². The minimum Gasteiger partial charge on any atom is -0.501 e.